The van der Waals surface area contributed by atoms with Gasteiger partial charge < -0.3 is 9.84 Å². The maximum absolute atomic E-state index is 11.0. The Kier molecular flexibility index (Phi) is 2.77. The zero-order chi connectivity index (χ0) is 12.6. The predicted molar refractivity (Wildman–Crippen MR) is 67.8 cm³/mol. The van der Waals surface area contributed by atoms with Crippen LogP contribution in [0.2, 0.25) is 0 Å². The molecule has 0 amide bonds. The number of carboxylic acids is 1. The molecule has 3 rings (SSSR count). The highest BCUT2D eigenvalue weighted by Crippen LogP contribution is 2.53. The molecule has 0 unspecified atom stereocenters. The van der Waals surface area contributed by atoms with E-state index >= 15 is 0 Å². The molecule has 0 atom stereocenters. The first-order valence-electron chi connectivity index (χ1n) is 6.64. The Balaban J connectivity index is 1.79. The van der Waals surface area contributed by atoms with Gasteiger partial charge in [0.1, 0.15) is 5.75 Å². The molecular weight excluding hydrogens is 228 g/mol. The van der Waals surface area contributed by atoms with Gasteiger partial charge in [0.2, 0.25) is 0 Å². The van der Waals surface area contributed by atoms with Gasteiger partial charge in [-0.15, -0.1) is 0 Å². The number of benzene rings is 1. The van der Waals surface area contributed by atoms with Crippen molar-refractivity contribution in [3.8, 4) is 5.75 Å². The lowest BCUT2D eigenvalue weighted by Crippen LogP contribution is -2.15. The Labute approximate surface area is 107 Å². The summed E-state index contributed by atoms with van der Waals surface area (Å²) in [6.07, 6.45) is 4.67. The molecule has 2 aliphatic rings. The van der Waals surface area contributed by atoms with Gasteiger partial charge in [0.05, 0.1) is 13.0 Å². The number of aliphatic carboxylic acids is 1. The van der Waals surface area contributed by atoms with Gasteiger partial charge in [-0.05, 0) is 37.7 Å². The van der Waals surface area contributed by atoms with E-state index in [1.54, 1.807) is 0 Å². The molecule has 0 spiro atoms. The quantitative estimate of drug-likeness (QED) is 0.839. The van der Waals surface area contributed by atoms with Crippen molar-refractivity contribution in [2.24, 2.45) is 5.92 Å². The summed E-state index contributed by atoms with van der Waals surface area (Å²) in [4.78, 5) is 11.0. The Bertz CT molecular complexity index is 459. The minimum atomic E-state index is -0.718. The molecule has 0 aromatic heterocycles. The van der Waals surface area contributed by atoms with Crippen LogP contribution in [-0.4, -0.2) is 17.7 Å². The zero-order valence-corrected chi connectivity index (χ0v) is 10.4. The van der Waals surface area contributed by atoms with E-state index in [-0.39, 0.29) is 11.8 Å². The van der Waals surface area contributed by atoms with Gasteiger partial charge in [0.15, 0.2) is 0 Å². The Hall–Kier alpha value is -1.51. The molecule has 0 bridgehead atoms. The lowest BCUT2D eigenvalue weighted by atomic mass is 9.91. The van der Waals surface area contributed by atoms with Crippen molar-refractivity contribution in [1.29, 1.82) is 0 Å². The average molecular weight is 246 g/mol. The van der Waals surface area contributed by atoms with Crippen molar-refractivity contribution >= 4 is 5.97 Å². The van der Waals surface area contributed by atoms with Crippen LogP contribution in [0, 0.1) is 5.92 Å². The molecule has 96 valence electrons. The summed E-state index contributed by atoms with van der Waals surface area (Å²) in [6.45, 7) is 0.778. The van der Waals surface area contributed by atoms with Crippen molar-refractivity contribution in [2.75, 3.05) is 6.61 Å². The van der Waals surface area contributed by atoms with E-state index in [4.69, 9.17) is 9.84 Å². The topological polar surface area (TPSA) is 46.5 Å². The average Bonchev–Trinajstić information content (AvgIpc) is 3.22. The maximum Gasteiger partial charge on any atom is 0.304 e. The molecular formula is C15H18O3. The van der Waals surface area contributed by atoms with Crippen LogP contribution in [0.4, 0.5) is 0 Å². The summed E-state index contributed by atoms with van der Waals surface area (Å²) >= 11 is 0. The number of hydrogen-bond acceptors (Lipinski definition) is 2. The fourth-order valence-electron chi connectivity index (χ4n) is 2.50. The standard InChI is InChI=1S/C15H18O3/c16-14(17)9-15(7-8-15)12-3-1-2-4-13(12)18-10-11-5-6-11/h1-4,11H,5-10H2,(H,16,17). The van der Waals surface area contributed by atoms with Gasteiger partial charge in [-0.3, -0.25) is 4.79 Å². The molecule has 3 heteroatoms. The largest absolute Gasteiger partial charge is 0.493 e. The first-order chi connectivity index (χ1) is 8.70. The summed E-state index contributed by atoms with van der Waals surface area (Å²) < 4.78 is 5.88. The number of ether oxygens (including phenoxy) is 1. The summed E-state index contributed by atoms with van der Waals surface area (Å²) in [6, 6.07) is 7.93. The summed E-state index contributed by atoms with van der Waals surface area (Å²) in [7, 11) is 0. The van der Waals surface area contributed by atoms with Gasteiger partial charge in [0.25, 0.3) is 0 Å². The van der Waals surface area contributed by atoms with Crippen molar-refractivity contribution in [3.63, 3.8) is 0 Å². The molecule has 0 heterocycles. The second-order valence-corrected chi connectivity index (χ2v) is 5.60. The molecule has 1 aromatic carbocycles. The molecule has 1 aromatic rings. The fraction of sp³-hybridized carbons (Fsp3) is 0.533. The lowest BCUT2D eigenvalue weighted by molar-refractivity contribution is -0.137. The zero-order valence-electron chi connectivity index (χ0n) is 10.4. The Morgan fingerprint density at radius 1 is 1.33 bits per heavy atom. The summed E-state index contributed by atoms with van der Waals surface area (Å²) in [5.41, 5.74) is 0.930. The summed E-state index contributed by atoms with van der Waals surface area (Å²) in [5, 5.41) is 9.03. The van der Waals surface area contributed by atoms with E-state index in [2.05, 4.69) is 0 Å². The minimum absolute atomic E-state index is 0.161. The van der Waals surface area contributed by atoms with Crippen LogP contribution in [0.1, 0.15) is 37.7 Å². The maximum atomic E-state index is 11.0. The van der Waals surface area contributed by atoms with E-state index in [1.165, 1.54) is 12.8 Å². The van der Waals surface area contributed by atoms with E-state index in [1.807, 2.05) is 24.3 Å². The monoisotopic (exact) mass is 246 g/mol. The van der Waals surface area contributed by atoms with Gasteiger partial charge in [-0.25, -0.2) is 0 Å². The molecule has 2 saturated carbocycles. The Morgan fingerprint density at radius 2 is 2.06 bits per heavy atom. The third kappa shape index (κ3) is 2.35. The highest BCUT2D eigenvalue weighted by atomic mass is 16.5. The molecule has 18 heavy (non-hydrogen) atoms. The van der Waals surface area contributed by atoms with Crippen molar-refractivity contribution in [2.45, 2.75) is 37.5 Å². The first-order valence-corrected chi connectivity index (χ1v) is 6.64. The fourth-order valence-corrected chi connectivity index (χ4v) is 2.50. The second-order valence-electron chi connectivity index (χ2n) is 5.60. The summed E-state index contributed by atoms with van der Waals surface area (Å²) in [5.74, 6) is 0.889. The normalized spacial score (nSPS) is 20.4. The SMILES string of the molecule is O=C(O)CC1(c2ccccc2OCC2CC2)CC1. The van der Waals surface area contributed by atoms with Crippen LogP contribution in [0.15, 0.2) is 24.3 Å². The van der Waals surface area contributed by atoms with Gasteiger partial charge >= 0.3 is 5.97 Å². The van der Waals surface area contributed by atoms with Crippen LogP contribution in [0.5, 0.6) is 5.75 Å². The Morgan fingerprint density at radius 3 is 2.67 bits per heavy atom. The number of carboxylic acid groups (broad SMARTS) is 1. The number of rotatable bonds is 6. The molecule has 1 N–H and O–H groups in total. The third-order valence-corrected chi connectivity index (χ3v) is 3.97. The second kappa shape index (κ2) is 4.30. The minimum Gasteiger partial charge on any atom is -0.493 e. The van der Waals surface area contributed by atoms with Crippen LogP contribution in [-0.2, 0) is 10.2 Å². The van der Waals surface area contributed by atoms with Crippen LogP contribution >= 0.6 is 0 Å². The van der Waals surface area contributed by atoms with Crippen LogP contribution in [0.25, 0.3) is 0 Å². The lowest BCUT2D eigenvalue weighted by Gasteiger charge is -2.18. The molecule has 0 radical (unpaired) electrons. The van der Waals surface area contributed by atoms with E-state index in [9.17, 15) is 4.79 Å². The molecule has 2 fully saturated rings. The van der Waals surface area contributed by atoms with Gasteiger partial charge in [-0.1, -0.05) is 18.2 Å². The molecule has 0 aliphatic heterocycles. The van der Waals surface area contributed by atoms with E-state index in [0.29, 0.717) is 5.92 Å². The van der Waals surface area contributed by atoms with E-state index in [0.717, 1.165) is 30.8 Å². The van der Waals surface area contributed by atoms with Crippen molar-refractivity contribution < 1.29 is 14.6 Å². The van der Waals surface area contributed by atoms with E-state index < -0.39 is 5.97 Å². The van der Waals surface area contributed by atoms with Crippen LogP contribution < -0.4 is 4.74 Å². The molecule has 2 aliphatic carbocycles. The highest BCUT2D eigenvalue weighted by molar-refractivity contribution is 5.70. The highest BCUT2D eigenvalue weighted by Gasteiger charge is 2.47. The van der Waals surface area contributed by atoms with Crippen LogP contribution in [0.3, 0.4) is 0 Å². The number of carbonyl (C=O) groups is 1. The van der Waals surface area contributed by atoms with Crippen molar-refractivity contribution in [3.05, 3.63) is 29.8 Å². The first kappa shape index (κ1) is 11.6. The number of para-hydroxylation sites is 1. The number of hydrogen-bond donors (Lipinski definition) is 1. The molecule has 3 nitrogen and oxygen atoms in total. The molecule has 0 saturated heterocycles. The predicted octanol–water partition coefficient (Wildman–Crippen LogP) is 2.98. The van der Waals surface area contributed by atoms with Gasteiger partial charge in [-0.2, -0.15) is 0 Å². The van der Waals surface area contributed by atoms with Gasteiger partial charge in [0, 0.05) is 11.0 Å². The smallest absolute Gasteiger partial charge is 0.304 e. The van der Waals surface area contributed by atoms with Crippen molar-refractivity contribution in [1.82, 2.24) is 0 Å². The third-order valence-electron chi connectivity index (χ3n) is 3.97.